The fourth-order valence-corrected chi connectivity index (χ4v) is 1.10. The molecule has 84 valence electrons. The second-order valence-corrected chi connectivity index (χ2v) is 3.30. The Hall–Kier alpha value is -0.450. The number of ketones is 1. The van der Waals surface area contributed by atoms with Crippen molar-refractivity contribution in [3.05, 3.63) is 0 Å². The molecule has 0 unspecified atom stereocenters. The molecule has 0 aromatic rings. The molecule has 0 aliphatic rings. The van der Waals surface area contributed by atoms with Gasteiger partial charge < -0.3 is 14.7 Å². The Morgan fingerprint density at radius 2 is 2.14 bits per heavy atom. The predicted octanol–water partition coefficient (Wildman–Crippen LogP) is 0.296. The zero-order chi connectivity index (χ0) is 10.8. The Labute approximate surface area is 85.9 Å². The lowest BCUT2D eigenvalue weighted by atomic mass is 10.2. The van der Waals surface area contributed by atoms with Crippen LogP contribution in [0, 0.1) is 0 Å². The zero-order valence-electron chi connectivity index (χ0n) is 9.16. The number of aliphatic hydroxyl groups is 1. The number of hydrogen-bond acceptors (Lipinski definition) is 4. The first-order valence-corrected chi connectivity index (χ1v) is 5.09. The van der Waals surface area contributed by atoms with E-state index < -0.39 is 0 Å². The van der Waals surface area contributed by atoms with Gasteiger partial charge in [-0.2, -0.15) is 0 Å². The fraction of sp³-hybridized carbons (Fsp3) is 0.900. The third-order valence-corrected chi connectivity index (χ3v) is 1.99. The van der Waals surface area contributed by atoms with E-state index in [0.29, 0.717) is 6.42 Å². The molecule has 14 heavy (non-hydrogen) atoms. The van der Waals surface area contributed by atoms with Gasteiger partial charge in [-0.3, -0.25) is 4.79 Å². The van der Waals surface area contributed by atoms with Crippen LogP contribution in [0.1, 0.15) is 19.8 Å². The van der Waals surface area contributed by atoms with E-state index >= 15 is 0 Å². The van der Waals surface area contributed by atoms with Gasteiger partial charge in [0.15, 0.2) is 5.78 Å². The van der Waals surface area contributed by atoms with Crippen LogP contribution in [-0.2, 0) is 9.53 Å². The second-order valence-electron chi connectivity index (χ2n) is 3.30. The normalized spacial score (nSPS) is 10.9. The van der Waals surface area contributed by atoms with Crippen LogP contribution in [0.4, 0.5) is 0 Å². The molecule has 0 fully saturated rings. The lowest BCUT2D eigenvalue weighted by Crippen LogP contribution is -2.25. The van der Waals surface area contributed by atoms with Gasteiger partial charge >= 0.3 is 0 Å². The topological polar surface area (TPSA) is 49.8 Å². The second kappa shape index (κ2) is 9.12. The smallest absolute Gasteiger partial charge is 0.158 e. The van der Waals surface area contributed by atoms with Crippen LogP contribution in [0.3, 0.4) is 0 Å². The van der Waals surface area contributed by atoms with Crippen LogP contribution in [0.2, 0.25) is 0 Å². The highest BCUT2D eigenvalue weighted by molar-refractivity contribution is 5.79. The first kappa shape index (κ1) is 13.5. The Morgan fingerprint density at radius 3 is 2.71 bits per heavy atom. The summed E-state index contributed by atoms with van der Waals surface area (Å²) in [6, 6.07) is 0. The van der Waals surface area contributed by atoms with Crippen molar-refractivity contribution in [2.24, 2.45) is 0 Å². The van der Waals surface area contributed by atoms with Crippen molar-refractivity contribution in [3.63, 3.8) is 0 Å². The molecule has 0 radical (unpaired) electrons. The van der Waals surface area contributed by atoms with Crippen molar-refractivity contribution >= 4 is 5.78 Å². The van der Waals surface area contributed by atoms with Crippen LogP contribution >= 0.6 is 0 Å². The molecule has 0 saturated carbocycles. The van der Waals surface area contributed by atoms with Crippen LogP contribution in [-0.4, -0.2) is 55.7 Å². The molecule has 0 aromatic heterocycles. The summed E-state index contributed by atoms with van der Waals surface area (Å²) in [5.74, 6) is -0.0804. The van der Waals surface area contributed by atoms with E-state index in [0.717, 1.165) is 32.7 Å². The molecular formula is C10H21NO3. The van der Waals surface area contributed by atoms with E-state index in [2.05, 4.69) is 4.90 Å². The lowest BCUT2D eigenvalue weighted by molar-refractivity contribution is -0.121. The van der Waals surface area contributed by atoms with E-state index in [4.69, 9.17) is 9.84 Å². The van der Waals surface area contributed by atoms with Gasteiger partial charge in [0.25, 0.3) is 0 Å². The van der Waals surface area contributed by atoms with Gasteiger partial charge in [0.1, 0.15) is 6.61 Å². The summed E-state index contributed by atoms with van der Waals surface area (Å²) in [4.78, 5) is 12.9. The molecule has 4 nitrogen and oxygen atoms in total. The number of nitrogens with zero attached hydrogens (tertiary/aromatic N) is 1. The molecule has 0 bridgehead atoms. The molecule has 0 spiro atoms. The largest absolute Gasteiger partial charge is 0.389 e. The summed E-state index contributed by atoms with van der Waals surface area (Å²) < 4.78 is 5.20. The number of carbonyl (C=O) groups is 1. The Kier molecular flexibility index (Phi) is 8.83. The maximum atomic E-state index is 10.8. The third kappa shape index (κ3) is 8.16. The minimum absolute atomic E-state index is 0.0804. The van der Waals surface area contributed by atoms with Crippen LogP contribution < -0.4 is 0 Å². The monoisotopic (exact) mass is 203 g/mol. The highest BCUT2D eigenvalue weighted by atomic mass is 16.5. The fourth-order valence-electron chi connectivity index (χ4n) is 1.10. The molecule has 1 N–H and O–H groups in total. The Morgan fingerprint density at radius 1 is 1.43 bits per heavy atom. The van der Waals surface area contributed by atoms with Gasteiger partial charge in [-0.15, -0.1) is 0 Å². The molecule has 0 rings (SSSR count). The summed E-state index contributed by atoms with van der Waals surface area (Å²) in [6.45, 7) is 4.89. The van der Waals surface area contributed by atoms with Gasteiger partial charge in [-0.05, 0) is 26.9 Å². The van der Waals surface area contributed by atoms with Crippen LogP contribution in [0.5, 0.6) is 0 Å². The van der Waals surface area contributed by atoms with Crippen LogP contribution in [0.15, 0.2) is 0 Å². The third-order valence-electron chi connectivity index (χ3n) is 1.99. The van der Waals surface area contributed by atoms with Gasteiger partial charge in [0.05, 0.1) is 6.61 Å². The lowest BCUT2D eigenvalue weighted by Gasteiger charge is -2.15. The summed E-state index contributed by atoms with van der Waals surface area (Å²) in [5, 5.41) is 8.49. The minimum atomic E-state index is -0.331. The van der Waals surface area contributed by atoms with Crippen molar-refractivity contribution in [1.82, 2.24) is 4.90 Å². The SMILES string of the molecule is CCOCCN(C)CCCC(=O)CO. The Bertz CT molecular complexity index is 150. The first-order chi connectivity index (χ1) is 6.70. The molecule has 0 heterocycles. The van der Waals surface area contributed by atoms with Gasteiger partial charge in [0, 0.05) is 19.6 Å². The van der Waals surface area contributed by atoms with E-state index in [-0.39, 0.29) is 12.4 Å². The quantitative estimate of drug-likeness (QED) is 0.547. The number of aliphatic hydroxyl groups excluding tert-OH is 1. The van der Waals surface area contributed by atoms with E-state index in [9.17, 15) is 4.79 Å². The van der Waals surface area contributed by atoms with E-state index in [1.165, 1.54) is 0 Å². The molecule has 0 saturated heterocycles. The molecule has 0 aliphatic heterocycles. The number of carbonyl (C=O) groups excluding carboxylic acids is 1. The van der Waals surface area contributed by atoms with Crippen molar-refractivity contribution < 1.29 is 14.6 Å². The molecule has 0 atom stereocenters. The maximum Gasteiger partial charge on any atom is 0.158 e. The highest BCUT2D eigenvalue weighted by Crippen LogP contribution is 1.94. The molecule has 0 aromatic carbocycles. The first-order valence-electron chi connectivity index (χ1n) is 5.09. The average molecular weight is 203 g/mol. The summed E-state index contributed by atoms with van der Waals surface area (Å²) in [7, 11) is 2.00. The summed E-state index contributed by atoms with van der Waals surface area (Å²) >= 11 is 0. The average Bonchev–Trinajstić information content (AvgIpc) is 2.18. The molecule has 0 aliphatic carbocycles. The van der Waals surface area contributed by atoms with Crippen molar-refractivity contribution in [3.8, 4) is 0 Å². The maximum absolute atomic E-state index is 10.8. The van der Waals surface area contributed by atoms with Crippen molar-refractivity contribution in [2.75, 3.05) is 40.0 Å². The van der Waals surface area contributed by atoms with Crippen molar-refractivity contribution in [1.29, 1.82) is 0 Å². The van der Waals surface area contributed by atoms with E-state index in [1.54, 1.807) is 0 Å². The highest BCUT2D eigenvalue weighted by Gasteiger charge is 2.01. The molecular weight excluding hydrogens is 182 g/mol. The number of Topliss-reactive ketones (excluding diaryl/α,β-unsaturated/α-hetero) is 1. The van der Waals surface area contributed by atoms with Gasteiger partial charge in [0.2, 0.25) is 0 Å². The minimum Gasteiger partial charge on any atom is -0.389 e. The number of rotatable bonds is 9. The Balaban J connectivity index is 3.26. The van der Waals surface area contributed by atoms with Crippen molar-refractivity contribution in [2.45, 2.75) is 19.8 Å². The number of hydrogen-bond donors (Lipinski definition) is 1. The van der Waals surface area contributed by atoms with Crippen LogP contribution in [0.25, 0.3) is 0 Å². The summed E-state index contributed by atoms with van der Waals surface area (Å²) in [5.41, 5.74) is 0. The molecule has 4 heteroatoms. The van der Waals surface area contributed by atoms with E-state index in [1.807, 2.05) is 14.0 Å². The number of ether oxygens (including phenoxy) is 1. The number of likely N-dealkylation sites (N-methyl/N-ethyl adjacent to an activating group) is 1. The predicted molar refractivity (Wildman–Crippen MR) is 55.3 cm³/mol. The standard InChI is InChI=1S/C10H21NO3/c1-3-14-8-7-11(2)6-4-5-10(13)9-12/h12H,3-9H2,1-2H3. The zero-order valence-corrected chi connectivity index (χ0v) is 9.16. The van der Waals surface area contributed by atoms with Gasteiger partial charge in [-0.25, -0.2) is 0 Å². The molecule has 0 amide bonds. The summed E-state index contributed by atoms with van der Waals surface area (Å²) in [6.07, 6.45) is 1.28. The van der Waals surface area contributed by atoms with Gasteiger partial charge in [-0.1, -0.05) is 0 Å².